The molecule has 2 atom stereocenters. The van der Waals surface area contributed by atoms with E-state index in [-0.39, 0.29) is 5.92 Å². The lowest BCUT2D eigenvalue weighted by molar-refractivity contribution is 0.411. The van der Waals surface area contributed by atoms with Gasteiger partial charge in [0, 0.05) is 17.8 Å². The fraction of sp³-hybridized carbons (Fsp3) is 0.692. The second-order valence-corrected chi connectivity index (χ2v) is 6.10. The van der Waals surface area contributed by atoms with Gasteiger partial charge >= 0.3 is 0 Å². The first-order valence-electron chi connectivity index (χ1n) is 6.15. The van der Waals surface area contributed by atoms with E-state index in [0.717, 1.165) is 18.1 Å². The van der Waals surface area contributed by atoms with Gasteiger partial charge < -0.3 is 4.90 Å². The van der Waals surface area contributed by atoms with E-state index in [1.54, 1.807) is 11.3 Å². The smallest absolute Gasteiger partial charge is 0.110 e. The van der Waals surface area contributed by atoms with Crippen molar-refractivity contribution >= 4 is 11.3 Å². The van der Waals surface area contributed by atoms with E-state index < -0.39 is 0 Å². The molecule has 1 saturated heterocycles. The Hall–Kier alpha value is -0.920. The molecule has 0 saturated carbocycles. The molecule has 0 radical (unpaired) electrons. The van der Waals surface area contributed by atoms with Gasteiger partial charge in [0.2, 0.25) is 0 Å². The molecule has 3 nitrogen and oxygen atoms in total. The molecule has 0 amide bonds. The number of rotatable bonds is 3. The van der Waals surface area contributed by atoms with Crippen LogP contribution in [-0.2, 0) is 0 Å². The zero-order valence-corrected chi connectivity index (χ0v) is 11.5. The zero-order chi connectivity index (χ0) is 12.4. The summed E-state index contributed by atoms with van der Waals surface area (Å²) in [5, 5.41) is 12.3. The highest BCUT2D eigenvalue weighted by Crippen LogP contribution is 2.32. The Kier molecular flexibility index (Phi) is 3.80. The maximum Gasteiger partial charge on any atom is 0.110 e. The average molecular weight is 249 g/mol. The molecule has 4 heteroatoms. The van der Waals surface area contributed by atoms with E-state index in [0.29, 0.717) is 11.8 Å². The fourth-order valence-corrected chi connectivity index (χ4v) is 3.41. The molecule has 2 heterocycles. The molecular weight excluding hydrogens is 230 g/mol. The summed E-state index contributed by atoms with van der Waals surface area (Å²) in [5.41, 5.74) is 1.19. The van der Waals surface area contributed by atoms with Crippen molar-refractivity contribution in [2.45, 2.75) is 32.1 Å². The molecule has 0 N–H and O–H groups in total. The minimum Gasteiger partial charge on any atom is -0.306 e. The van der Waals surface area contributed by atoms with Gasteiger partial charge in [-0.3, -0.25) is 0 Å². The number of thiazole rings is 1. The molecule has 0 spiro atoms. The highest BCUT2D eigenvalue weighted by molar-refractivity contribution is 7.09. The second kappa shape index (κ2) is 5.16. The van der Waals surface area contributed by atoms with Crippen molar-refractivity contribution in [2.24, 2.45) is 5.92 Å². The summed E-state index contributed by atoms with van der Waals surface area (Å²) in [7, 11) is 2.15. The molecule has 1 fully saturated rings. The molecule has 1 aliphatic heterocycles. The summed E-state index contributed by atoms with van der Waals surface area (Å²) >= 11 is 1.65. The predicted octanol–water partition coefficient (Wildman–Crippen LogP) is 2.83. The maximum absolute atomic E-state index is 9.17. The number of hydrogen-bond acceptors (Lipinski definition) is 4. The van der Waals surface area contributed by atoms with Gasteiger partial charge in [-0.25, -0.2) is 4.98 Å². The maximum atomic E-state index is 9.17. The number of likely N-dealkylation sites (N-methyl/N-ethyl adjacent to an activating group) is 1. The first-order valence-corrected chi connectivity index (χ1v) is 7.03. The van der Waals surface area contributed by atoms with Crippen LogP contribution in [0.25, 0.3) is 0 Å². The first kappa shape index (κ1) is 12.5. The SMILES string of the molecule is CC(C)C(C#N)c1nc(C2CCN(C)C2)cs1. The molecule has 0 bridgehead atoms. The third-order valence-corrected chi connectivity index (χ3v) is 4.37. The highest BCUT2D eigenvalue weighted by atomic mass is 32.1. The van der Waals surface area contributed by atoms with Crippen molar-refractivity contribution in [3.05, 3.63) is 16.1 Å². The van der Waals surface area contributed by atoms with Crippen LogP contribution in [-0.4, -0.2) is 30.0 Å². The zero-order valence-electron chi connectivity index (χ0n) is 10.7. The molecule has 92 valence electrons. The van der Waals surface area contributed by atoms with Crippen molar-refractivity contribution in [3.63, 3.8) is 0 Å². The Morgan fingerprint density at radius 1 is 1.59 bits per heavy atom. The third-order valence-electron chi connectivity index (χ3n) is 3.42. The van der Waals surface area contributed by atoms with Crippen LogP contribution in [0.1, 0.15) is 42.8 Å². The van der Waals surface area contributed by atoms with Gasteiger partial charge in [0.1, 0.15) is 10.9 Å². The number of nitriles is 1. The van der Waals surface area contributed by atoms with Crippen molar-refractivity contribution in [1.82, 2.24) is 9.88 Å². The van der Waals surface area contributed by atoms with E-state index in [2.05, 4.69) is 42.2 Å². The number of aromatic nitrogens is 1. The van der Waals surface area contributed by atoms with Gasteiger partial charge in [0.15, 0.2) is 0 Å². The van der Waals surface area contributed by atoms with Crippen molar-refractivity contribution in [1.29, 1.82) is 5.26 Å². The normalized spacial score (nSPS) is 22.9. The van der Waals surface area contributed by atoms with E-state index in [4.69, 9.17) is 0 Å². The summed E-state index contributed by atoms with van der Waals surface area (Å²) in [4.78, 5) is 7.03. The molecule has 17 heavy (non-hydrogen) atoms. The van der Waals surface area contributed by atoms with Gasteiger partial charge in [-0.2, -0.15) is 5.26 Å². The topological polar surface area (TPSA) is 39.9 Å². The summed E-state index contributed by atoms with van der Waals surface area (Å²) in [6.07, 6.45) is 1.19. The lowest BCUT2D eigenvalue weighted by Gasteiger charge is -2.10. The quantitative estimate of drug-likeness (QED) is 0.827. The van der Waals surface area contributed by atoms with Crippen molar-refractivity contribution < 1.29 is 0 Å². The molecule has 2 unspecified atom stereocenters. The van der Waals surface area contributed by atoms with Crippen molar-refractivity contribution in [3.8, 4) is 6.07 Å². The van der Waals surface area contributed by atoms with Crippen LogP contribution in [0, 0.1) is 17.2 Å². The Morgan fingerprint density at radius 2 is 2.35 bits per heavy atom. The number of likely N-dealkylation sites (tertiary alicyclic amines) is 1. The summed E-state index contributed by atoms with van der Waals surface area (Å²) in [5.74, 6) is 0.856. The molecule has 2 rings (SSSR count). The van der Waals surface area contributed by atoms with Crippen LogP contribution < -0.4 is 0 Å². The van der Waals surface area contributed by atoms with Crippen LogP contribution in [0.4, 0.5) is 0 Å². The second-order valence-electron chi connectivity index (χ2n) is 5.21. The molecular formula is C13H19N3S. The molecule has 0 aliphatic carbocycles. The van der Waals surface area contributed by atoms with Crippen LogP contribution >= 0.6 is 11.3 Å². The van der Waals surface area contributed by atoms with E-state index in [9.17, 15) is 5.26 Å². The van der Waals surface area contributed by atoms with Crippen molar-refractivity contribution in [2.75, 3.05) is 20.1 Å². The van der Waals surface area contributed by atoms with Gasteiger partial charge in [0.25, 0.3) is 0 Å². The van der Waals surface area contributed by atoms with Crippen LogP contribution in [0.5, 0.6) is 0 Å². The van der Waals surface area contributed by atoms with E-state index in [1.165, 1.54) is 12.1 Å². The minimum absolute atomic E-state index is 0.0483. The van der Waals surface area contributed by atoms with Crippen LogP contribution in [0.15, 0.2) is 5.38 Å². The molecule has 0 aromatic carbocycles. The van der Waals surface area contributed by atoms with E-state index in [1.807, 2.05) is 0 Å². The summed E-state index contributed by atoms with van der Waals surface area (Å²) in [6.45, 7) is 6.42. The Morgan fingerprint density at radius 3 is 2.88 bits per heavy atom. The average Bonchev–Trinajstić information content (AvgIpc) is 2.87. The van der Waals surface area contributed by atoms with Gasteiger partial charge in [-0.05, 0) is 25.9 Å². The predicted molar refractivity (Wildman–Crippen MR) is 70.2 cm³/mol. The monoisotopic (exact) mass is 249 g/mol. The minimum atomic E-state index is -0.0483. The Balaban J connectivity index is 2.13. The number of nitrogens with zero attached hydrogens (tertiary/aromatic N) is 3. The van der Waals surface area contributed by atoms with Gasteiger partial charge in [-0.1, -0.05) is 13.8 Å². The fourth-order valence-electron chi connectivity index (χ4n) is 2.30. The summed E-state index contributed by atoms with van der Waals surface area (Å²) < 4.78 is 0. The molecule has 1 aromatic heterocycles. The van der Waals surface area contributed by atoms with Crippen LogP contribution in [0.3, 0.4) is 0 Å². The highest BCUT2D eigenvalue weighted by Gasteiger charge is 2.25. The first-order chi connectivity index (χ1) is 8.11. The van der Waals surface area contributed by atoms with Gasteiger partial charge in [0.05, 0.1) is 11.8 Å². The third kappa shape index (κ3) is 2.67. The molecule has 1 aliphatic rings. The standard InChI is InChI=1S/C13H19N3S/c1-9(2)11(6-14)13-15-12(8-17-13)10-4-5-16(3)7-10/h8-11H,4-5,7H2,1-3H3. The van der Waals surface area contributed by atoms with Gasteiger partial charge in [-0.15, -0.1) is 11.3 Å². The summed E-state index contributed by atoms with van der Waals surface area (Å²) in [6, 6.07) is 2.37. The number of hydrogen-bond donors (Lipinski definition) is 0. The lowest BCUT2D eigenvalue weighted by atomic mass is 9.98. The molecule has 1 aromatic rings. The lowest BCUT2D eigenvalue weighted by Crippen LogP contribution is -2.13. The Bertz CT molecular complexity index is 419. The largest absolute Gasteiger partial charge is 0.306 e. The Labute approximate surface area is 107 Å². The van der Waals surface area contributed by atoms with Crippen LogP contribution in [0.2, 0.25) is 0 Å². The van der Waals surface area contributed by atoms with E-state index >= 15 is 0 Å².